The molecule has 0 fully saturated rings. The first kappa shape index (κ1) is 18.8. The van der Waals surface area contributed by atoms with Crippen molar-refractivity contribution >= 4 is 33.2 Å². The number of benzene rings is 2. The Labute approximate surface area is 169 Å². The maximum absolute atomic E-state index is 12.6. The van der Waals surface area contributed by atoms with E-state index in [0.29, 0.717) is 6.54 Å². The minimum absolute atomic E-state index is 0.0226. The van der Waals surface area contributed by atoms with Crippen LogP contribution in [0.1, 0.15) is 52.2 Å². The zero-order valence-corrected chi connectivity index (χ0v) is 16.9. The van der Waals surface area contributed by atoms with Crippen LogP contribution in [0.3, 0.4) is 0 Å². The van der Waals surface area contributed by atoms with Gasteiger partial charge in [-0.3, -0.25) is 9.59 Å². The number of hydrogen-bond acceptors (Lipinski definition) is 4. The van der Waals surface area contributed by atoms with E-state index in [-0.39, 0.29) is 24.5 Å². The summed E-state index contributed by atoms with van der Waals surface area (Å²) in [6, 6.07) is 14.0. The topological polar surface area (TPSA) is 50.3 Å². The number of ketones is 1. The Balaban J connectivity index is 1.33. The molecule has 1 aromatic heterocycles. The molecule has 28 heavy (non-hydrogen) atoms. The standard InChI is InChI=1S/C23H24N2O2S/c1-25(15-22-24-19-8-4-5-9-21(19)28-22)23(27)13-12-20(26)18-11-10-16-6-2-3-7-17(16)14-18/h4-5,8-11,14H,2-3,6-7,12-13,15H2,1H3. The molecule has 0 saturated heterocycles. The van der Waals surface area contributed by atoms with Crippen LogP contribution in [0.15, 0.2) is 42.5 Å². The fourth-order valence-corrected chi connectivity index (χ4v) is 4.76. The number of Topliss-reactive ketones (excluding diaryl/α,β-unsaturated/α-hetero) is 1. The number of thiazole rings is 1. The number of fused-ring (bicyclic) bond motifs is 2. The highest BCUT2D eigenvalue weighted by Gasteiger charge is 2.16. The lowest BCUT2D eigenvalue weighted by atomic mass is 9.89. The average Bonchev–Trinajstić information content (AvgIpc) is 3.13. The third kappa shape index (κ3) is 4.14. The molecule has 0 atom stereocenters. The van der Waals surface area contributed by atoms with Crippen molar-refractivity contribution in [2.75, 3.05) is 7.05 Å². The first-order valence-electron chi connectivity index (χ1n) is 9.83. The van der Waals surface area contributed by atoms with Crippen LogP contribution in [-0.2, 0) is 24.2 Å². The van der Waals surface area contributed by atoms with Crippen molar-refractivity contribution < 1.29 is 9.59 Å². The Bertz CT molecular complexity index is 991. The fourth-order valence-electron chi connectivity index (χ4n) is 3.74. The molecule has 0 N–H and O–H groups in total. The highest BCUT2D eigenvalue weighted by Crippen LogP contribution is 2.24. The molecule has 1 aliphatic carbocycles. The quantitative estimate of drug-likeness (QED) is 0.566. The highest BCUT2D eigenvalue weighted by molar-refractivity contribution is 7.18. The van der Waals surface area contributed by atoms with Crippen LogP contribution in [0.2, 0.25) is 0 Å². The second-order valence-corrected chi connectivity index (χ2v) is 8.55. The molecule has 4 rings (SSSR count). The summed E-state index contributed by atoms with van der Waals surface area (Å²) < 4.78 is 1.13. The third-order valence-corrected chi connectivity index (χ3v) is 6.39. The molecule has 4 nitrogen and oxygen atoms in total. The molecular formula is C23H24N2O2S. The van der Waals surface area contributed by atoms with Crippen LogP contribution in [-0.4, -0.2) is 28.6 Å². The van der Waals surface area contributed by atoms with Crippen molar-refractivity contribution in [3.05, 3.63) is 64.2 Å². The maximum Gasteiger partial charge on any atom is 0.223 e. The van der Waals surface area contributed by atoms with Crippen molar-refractivity contribution in [3.63, 3.8) is 0 Å². The van der Waals surface area contributed by atoms with Gasteiger partial charge >= 0.3 is 0 Å². The molecule has 0 unspecified atom stereocenters. The number of nitrogens with zero attached hydrogens (tertiary/aromatic N) is 2. The minimum atomic E-state index is -0.0226. The lowest BCUT2D eigenvalue weighted by molar-refractivity contribution is -0.130. The first-order valence-corrected chi connectivity index (χ1v) is 10.7. The van der Waals surface area contributed by atoms with Crippen LogP contribution in [0.5, 0.6) is 0 Å². The molecule has 1 amide bonds. The number of aryl methyl sites for hydroxylation is 2. The van der Waals surface area contributed by atoms with Gasteiger partial charge in [-0.05, 0) is 55.0 Å². The molecule has 0 bridgehead atoms. The largest absolute Gasteiger partial charge is 0.339 e. The summed E-state index contributed by atoms with van der Waals surface area (Å²) in [4.78, 5) is 31.3. The summed E-state index contributed by atoms with van der Waals surface area (Å²) in [5.41, 5.74) is 4.37. The number of carbonyl (C=O) groups is 2. The summed E-state index contributed by atoms with van der Waals surface area (Å²) in [6.45, 7) is 0.477. The van der Waals surface area contributed by atoms with E-state index in [0.717, 1.165) is 33.6 Å². The number of amides is 1. The minimum Gasteiger partial charge on any atom is -0.339 e. The Kier molecular flexibility index (Phi) is 5.53. The summed E-state index contributed by atoms with van der Waals surface area (Å²) >= 11 is 1.61. The molecule has 0 aliphatic heterocycles. The molecule has 2 aromatic carbocycles. The second kappa shape index (κ2) is 8.23. The Morgan fingerprint density at radius 1 is 1.04 bits per heavy atom. The lowest BCUT2D eigenvalue weighted by Gasteiger charge is -2.17. The van der Waals surface area contributed by atoms with E-state index in [1.807, 2.05) is 36.4 Å². The van der Waals surface area contributed by atoms with E-state index < -0.39 is 0 Å². The van der Waals surface area contributed by atoms with Crippen molar-refractivity contribution in [1.29, 1.82) is 0 Å². The molecule has 0 saturated carbocycles. The van der Waals surface area contributed by atoms with E-state index in [9.17, 15) is 9.59 Å². The number of aromatic nitrogens is 1. The van der Waals surface area contributed by atoms with Gasteiger partial charge in [-0.15, -0.1) is 11.3 Å². The van der Waals surface area contributed by atoms with Gasteiger partial charge in [0.15, 0.2) is 5.78 Å². The molecule has 3 aromatic rings. The lowest BCUT2D eigenvalue weighted by Crippen LogP contribution is -2.26. The molecular weight excluding hydrogens is 368 g/mol. The Morgan fingerprint density at radius 3 is 2.64 bits per heavy atom. The van der Waals surface area contributed by atoms with Gasteiger partial charge in [0.1, 0.15) is 5.01 Å². The summed E-state index contributed by atoms with van der Waals surface area (Å²) in [6.07, 6.45) is 5.08. The number of para-hydroxylation sites is 1. The first-order chi connectivity index (χ1) is 13.6. The second-order valence-electron chi connectivity index (χ2n) is 7.44. The Morgan fingerprint density at radius 2 is 1.82 bits per heavy atom. The van der Waals surface area contributed by atoms with E-state index in [4.69, 9.17) is 0 Å². The zero-order valence-electron chi connectivity index (χ0n) is 16.1. The molecule has 0 radical (unpaired) electrons. The van der Waals surface area contributed by atoms with Crippen molar-refractivity contribution in [2.24, 2.45) is 0 Å². The van der Waals surface area contributed by atoms with E-state index >= 15 is 0 Å². The normalized spacial score (nSPS) is 13.3. The summed E-state index contributed by atoms with van der Waals surface area (Å²) in [5.74, 6) is 0.0284. The smallest absolute Gasteiger partial charge is 0.223 e. The summed E-state index contributed by atoms with van der Waals surface area (Å²) in [7, 11) is 1.78. The Hall–Kier alpha value is -2.53. The summed E-state index contributed by atoms with van der Waals surface area (Å²) in [5, 5.41) is 0.915. The van der Waals surface area contributed by atoms with Gasteiger partial charge in [0.25, 0.3) is 0 Å². The van der Waals surface area contributed by atoms with Crippen molar-refractivity contribution in [2.45, 2.75) is 45.1 Å². The third-order valence-electron chi connectivity index (χ3n) is 5.37. The van der Waals surface area contributed by atoms with Gasteiger partial charge in [0.2, 0.25) is 5.91 Å². The van der Waals surface area contributed by atoms with E-state index in [2.05, 4.69) is 11.1 Å². The highest BCUT2D eigenvalue weighted by atomic mass is 32.1. The zero-order chi connectivity index (χ0) is 19.5. The van der Waals surface area contributed by atoms with Crippen LogP contribution in [0, 0.1) is 0 Å². The van der Waals surface area contributed by atoms with Gasteiger partial charge in [0, 0.05) is 25.5 Å². The predicted molar refractivity (Wildman–Crippen MR) is 113 cm³/mol. The van der Waals surface area contributed by atoms with Gasteiger partial charge in [-0.2, -0.15) is 0 Å². The number of carbonyl (C=O) groups excluding carboxylic acids is 2. The van der Waals surface area contributed by atoms with Crippen LogP contribution in [0.4, 0.5) is 0 Å². The molecule has 1 heterocycles. The molecule has 5 heteroatoms. The molecule has 144 valence electrons. The predicted octanol–water partition coefficient (Wildman–Crippen LogP) is 4.80. The monoisotopic (exact) mass is 392 g/mol. The average molecular weight is 393 g/mol. The number of hydrogen-bond donors (Lipinski definition) is 0. The van der Waals surface area contributed by atoms with Gasteiger partial charge in [0.05, 0.1) is 16.8 Å². The van der Waals surface area contributed by atoms with Crippen LogP contribution >= 0.6 is 11.3 Å². The van der Waals surface area contributed by atoms with Gasteiger partial charge < -0.3 is 4.90 Å². The van der Waals surface area contributed by atoms with Gasteiger partial charge in [-0.1, -0.05) is 24.3 Å². The van der Waals surface area contributed by atoms with Crippen molar-refractivity contribution in [3.8, 4) is 0 Å². The number of rotatable bonds is 6. The van der Waals surface area contributed by atoms with E-state index in [1.54, 1.807) is 23.3 Å². The van der Waals surface area contributed by atoms with Crippen LogP contribution in [0.25, 0.3) is 10.2 Å². The SMILES string of the molecule is CN(Cc1nc2ccccc2s1)C(=O)CCC(=O)c1ccc2c(c1)CCCC2. The van der Waals surface area contributed by atoms with Crippen molar-refractivity contribution in [1.82, 2.24) is 9.88 Å². The van der Waals surface area contributed by atoms with Crippen LogP contribution < -0.4 is 0 Å². The van der Waals surface area contributed by atoms with Gasteiger partial charge in [-0.25, -0.2) is 4.98 Å². The molecule has 1 aliphatic rings. The maximum atomic E-state index is 12.6. The molecule has 0 spiro atoms. The van der Waals surface area contributed by atoms with E-state index in [1.165, 1.54) is 24.0 Å². The fraction of sp³-hybridized carbons (Fsp3) is 0.348.